The van der Waals surface area contributed by atoms with Crippen molar-refractivity contribution >= 4 is 5.69 Å². The van der Waals surface area contributed by atoms with Crippen molar-refractivity contribution in [2.45, 2.75) is 13.0 Å². The highest BCUT2D eigenvalue weighted by Gasteiger charge is 2.15. The molecule has 0 amide bonds. The van der Waals surface area contributed by atoms with E-state index in [1.54, 1.807) is 12.1 Å². The molecule has 1 aliphatic rings. The number of nitro groups is 1. The maximum atomic E-state index is 10.7. The molecule has 2 aromatic rings. The molecule has 2 aromatic carbocycles. The fourth-order valence-electron chi connectivity index (χ4n) is 2.72. The lowest BCUT2D eigenvalue weighted by atomic mass is 10.0. The summed E-state index contributed by atoms with van der Waals surface area (Å²) in [7, 11) is 0. The van der Waals surface area contributed by atoms with E-state index in [-0.39, 0.29) is 5.69 Å². The van der Waals surface area contributed by atoms with Crippen molar-refractivity contribution in [3.8, 4) is 5.75 Å². The summed E-state index contributed by atoms with van der Waals surface area (Å²) in [6.07, 6.45) is 1.06. The van der Waals surface area contributed by atoms with Gasteiger partial charge in [-0.05, 0) is 23.6 Å². The molecular formula is C17H18N2O3. The van der Waals surface area contributed by atoms with E-state index < -0.39 is 4.92 Å². The highest BCUT2D eigenvalue weighted by atomic mass is 16.6. The van der Waals surface area contributed by atoms with Gasteiger partial charge in [-0.1, -0.05) is 30.3 Å². The van der Waals surface area contributed by atoms with Crippen molar-refractivity contribution in [3.63, 3.8) is 0 Å². The molecule has 0 bridgehead atoms. The van der Waals surface area contributed by atoms with Gasteiger partial charge in [0.1, 0.15) is 12.4 Å². The molecule has 0 radical (unpaired) electrons. The number of non-ortho nitro benzene ring substituents is 1. The van der Waals surface area contributed by atoms with Gasteiger partial charge in [0.25, 0.3) is 5.69 Å². The number of ether oxygens (including phenoxy) is 1. The molecule has 114 valence electrons. The summed E-state index contributed by atoms with van der Waals surface area (Å²) in [6.45, 7) is 3.31. The van der Waals surface area contributed by atoms with Crippen LogP contribution in [-0.2, 0) is 13.0 Å². The van der Waals surface area contributed by atoms with Crippen molar-refractivity contribution < 1.29 is 9.66 Å². The van der Waals surface area contributed by atoms with Gasteiger partial charge in [-0.15, -0.1) is 0 Å². The third-order valence-electron chi connectivity index (χ3n) is 3.91. The van der Waals surface area contributed by atoms with Crippen LogP contribution in [0.3, 0.4) is 0 Å². The molecule has 0 saturated heterocycles. The van der Waals surface area contributed by atoms with E-state index in [9.17, 15) is 10.1 Å². The number of hydrogen-bond donors (Lipinski definition) is 0. The lowest BCUT2D eigenvalue weighted by Gasteiger charge is -2.28. The average molecular weight is 298 g/mol. The Morgan fingerprint density at radius 1 is 1.14 bits per heavy atom. The summed E-state index contributed by atoms with van der Waals surface area (Å²) < 4.78 is 5.64. The van der Waals surface area contributed by atoms with E-state index in [0.29, 0.717) is 12.4 Å². The van der Waals surface area contributed by atoms with Crippen molar-refractivity contribution in [1.29, 1.82) is 0 Å². The number of rotatable bonds is 5. The molecule has 5 heteroatoms. The molecule has 0 unspecified atom stereocenters. The summed E-state index contributed by atoms with van der Waals surface area (Å²) in [6, 6.07) is 14.8. The zero-order valence-electron chi connectivity index (χ0n) is 12.3. The molecule has 0 aliphatic carbocycles. The first-order valence-corrected chi connectivity index (χ1v) is 7.39. The van der Waals surface area contributed by atoms with Crippen LogP contribution < -0.4 is 4.74 Å². The fourth-order valence-corrected chi connectivity index (χ4v) is 2.72. The maximum absolute atomic E-state index is 10.7. The van der Waals surface area contributed by atoms with E-state index in [2.05, 4.69) is 29.2 Å². The van der Waals surface area contributed by atoms with Gasteiger partial charge in [0.05, 0.1) is 11.0 Å². The molecule has 3 rings (SSSR count). The number of hydrogen-bond acceptors (Lipinski definition) is 4. The Labute approximate surface area is 129 Å². The predicted molar refractivity (Wildman–Crippen MR) is 84.0 cm³/mol. The van der Waals surface area contributed by atoms with Gasteiger partial charge >= 0.3 is 0 Å². The van der Waals surface area contributed by atoms with Gasteiger partial charge in [-0.2, -0.15) is 0 Å². The van der Waals surface area contributed by atoms with E-state index in [0.717, 1.165) is 26.1 Å². The Bertz CT molecular complexity index is 672. The Balaban J connectivity index is 1.52. The summed E-state index contributed by atoms with van der Waals surface area (Å²) in [5.74, 6) is 0.548. The van der Waals surface area contributed by atoms with Crippen LogP contribution in [0, 0.1) is 10.1 Å². The van der Waals surface area contributed by atoms with Crippen LogP contribution in [0.5, 0.6) is 5.75 Å². The van der Waals surface area contributed by atoms with E-state index in [1.807, 2.05) is 0 Å². The van der Waals surface area contributed by atoms with Gasteiger partial charge in [0.15, 0.2) is 0 Å². The molecule has 1 heterocycles. The van der Waals surface area contributed by atoms with Crippen LogP contribution in [-0.4, -0.2) is 29.5 Å². The fraction of sp³-hybridized carbons (Fsp3) is 0.294. The average Bonchev–Trinajstić information content (AvgIpc) is 2.55. The molecule has 22 heavy (non-hydrogen) atoms. The van der Waals surface area contributed by atoms with Crippen molar-refractivity contribution in [2.24, 2.45) is 0 Å². The molecule has 0 atom stereocenters. The minimum Gasteiger partial charge on any atom is -0.492 e. The number of benzene rings is 2. The van der Waals surface area contributed by atoms with Gasteiger partial charge < -0.3 is 4.74 Å². The van der Waals surface area contributed by atoms with E-state index >= 15 is 0 Å². The molecule has 0 aromatic heterocycles. The number of nitro benzene ring substituents is 1. The van der Waals surface area contributed by atoms with Crippen LogP contribution in [0.25, 0.3) is 0 Å². The highest BCUT2D eigenvalue weighted by molar-refractivity contribution is 5.37. The Morgan fingerprint density at radius 2 is 1.95 bits per heavy atom. The monoisotopic (exact) mass is 298 g/mol. The summed E-state index contributed by atoms with van der Waals surface area (Å²) in [5.41, 5.74) is 2.87. The molecule has 1 aliphatic heterocycles. The van der Waals surface area contributed by atoms with Crippen LogP contribution in [0.1, 0.15) is 11.1 Å². The van der Waals surface area contributed by atoms with Crippen LogP contribution in [0.15, 0.2) is 48.5 Å². The first kappa shape index (κ1) is 14.5. The van der Waals surface area contributed by atoms with E-state index in [1.165, 1.54) is 23.3 Å². The second kappa shape index (κ2) is 6.58. The molecule has 0 spiro atoms. The largest absolute Gasteiger partial charge is 0.492 e. The number of nitrogens with zero attached hydrogens (tertiary/aromatic N) is 2. The number of fused-ring (bicyclic) bond motifs is 1. The minimum absolute atomic E-state index is 0.0596. The maximum Gasteiger partial charge on any atom is 0.273 e. The van der Waals surface area contributed by atoms with E-state index in [4.69, 9.17) is 4.74 Å². The first-order valence-electron chi connectivity index (χ1n) is 7.39. The minimum atomic E-state index is -0.408. The predicted octanol–water partition coefficient (Wildman–Crippen LogP) is 3.03. The van der Waals surface area contributed by atoms with Crippen LogP contribution in [0.2, 0.25) is 0 Å². The quantitative estimate of drug-likeness (QED) is 0.629. The first-order chi connectivity index (χ1) is 10.7. The van der Waals surface area contributed by atoms with Crippen molar-refractivity contribution in [1.82, 2.24) is 4.90 Å². The van der Waals surface area contributed by atoms with Gasteiger partial charge in [0, 0.05) is 25.7 Å². The molecule has 0 N–H and O–H groups in total. The molecular weight excluding hydrogens is 280 g/mol. The lowest BCUT2D eigenvalue weighted by molar-refractivity contribution is -0.384. The lowest BCUT2D eigenvalue weighted by Crippen LogP contribution is -2.33. The molecule has 0 saturated carbocycles. The van der Waals surface area contributed by atoms with Gasteiger partial charge in [0.2, 0.25) is 0 Å². The second-order valence-electron chi connectivity index (χ2n) is 5.40. The zero-order chi connectivity index (χ0) is 15.4. The SMILES string of the molecule is O=[N+]([O-])c1cccc(OCCN2CCc3ccccc3C2)c1. The molecule has 5 nitrogen and oxygen atoms in total. The third-order valence-corrected chi connectivity index (χ3v) is 3.91. The molecule has 0 fully saturated rings. The smallest absolute Gasteiger partial charge is 0.273 e. The zero-order valence-corrected chi connectivity index (χ0v) is 12.3. The Morgan fingerprint density at radius 3 is 2.77 bits per heavy atom. The Hall–Kier alpha value is -2.40. The normalized spacial score (nSPS) is 14.4. The topological polar surface area (TPSA) is 55.6 Å². The Kier molecular flexibility index (Phi) is 4.34. The standard InChI is InChI=1S/C17H18N2O3/c20-19(21)16-6-3-7-17(12-16)22-11-10-18-9-8-14-4-1-2-5-15(14)13-18/h1-7,12H,8-11,13H2. The van der Waals surface area contributed by atoms with Crippen molar-refractivity contribution in [2.75, 3.05) is 19.7 Å². The van der Waals surface area contributed by atoms with Crippen molar-refractivity contribution in [3.05, 3.63) is 69.8 Å². The summed E-state index contributed by atoms with van der Waals surface area (Å²) >= 11 is 0. The van der Waals surface area contributed by atoms with Crippen LogP contribution in [0.4, 0.5) is 5.69 Å². The highest BCUT2D eigenvalue weighted by Crippen LogP contribution is 2.20. The second-order valence-corrected chi connectivity index (χ2v) is 5.40. The summed E-state index contributed by atoms with van der Waals surface area (Å²) in [4.78, 5) is 12.7. The summed E-state index contributed by atoms with van der Waals surface area (Å²) in [5, 5.41) is 10.7. The van der Waals surface area contributed by atoms with Crippen LogP contribution >= 0.6 is 0 Å². The van der Waals surface area contributed by atoms with Gasteiger partial charge in [-0.25, -0.2) is 0 Å². The third kappa shape index (κ3) is 3.43. The van der Waals surface area contributed by atoms with Gasteiger partial charge in [-0.3, -0.25) is 15.0 Å².